The van der Waals surface area contributed by atoms with Crippen molar-refractivity contribution < 1.29 is 4.39 Å². The molecule has 2 nitrogen and oxygen atoms in total. The van der Waals surface area contributed by atoms with Gasteiger partial charge in [-0.05, 0) is 44.4 Å². The molecule has 1 aliphatic rings. The van der Waals surface area contributed by atoms with Gasteiger partial charge in [-0.15, -0.1) is 0 Å². The Labute approximate surface area is 108 Å². The summed E-state index contributed by atoms with van der Waals surface area (Å²) in [6.45, 7) is 6.14. The summed E-state index contributed by atoms with van der Waals surface area (Å²) in [5.74, 6) is 0.402. The number of piperidine rings is 1. The molecule has 1 saturated heterocycles. The first-order valence-corrected chi connectivity index (χ1v) is 6.54. The molecular weight excluding hydrogens is 227 g/mol. The van der Waals surface area contributed by atoms with E-state index in [1.807, 2.05) is 6.07 Å². The number of nitrogens with zero attached hydrogens (tertiary/aromatic N) is 2. The van der Waals surface area contributed by atoms with Crippen LogP contribution in [-0.2, 0) is 6.54 Å². The van der Waals surface area contributed by atoms with Crippen molar-refractivity contribution >= 4 is 0 Å². The average molecular weight is 246 g/mol. The summed E-state index contributed by atoms with van der Waals surface area (Å²) in [5.41, 5.74) is 1.08. The van der Waals surface area contributed by atoms with Crippen LogP contribution in [0.4, 0.5) is 4.39 Å². The van der Waals surface area contributed by atoms with Crippen LogP contribution in [0.2, 0.25) is 0 Å². The summed E-state index contributed by atoms with van der Waals surface area (Å²) in [6.07, 6.45) is 2.44. The van der Waals surface area contributed by atoms with Crippen molar-refractivity contribution in [2.75, 3.05) is 6.54 Å². The van der Waals surface area contributed by atoms with E-state index in [0.717, 1.165) is 6.54 Å². The largest absolute Gasteiger partial charge is 0.296 e. The maximum Gasteiger partial charge on any atom is 0.129 e. The zero-order chi connectivity index (χ0) is 13.1. The predicted octanol–water partition coefficient (Wildman–Crippen LogP) is 3.32. The topological polar surface area (TPSA) is 27.0 Å². The lowest BCUT2D eigenvalue weighted by molar-refractivity contribution is 0.105. The minimum Gasteiger partial charge on any atom is -0.296 e. The van der Waals surface area contributed by atoms with Crippen molar-refractivity contribution in [1.29, 1.82) is 5.26 Å². The summed E-state index contributed by atoms with van der Waals surface area (Å²) in [4.78, 5) is 2.33. The molecule has 18 heavy (non-hydrogen) atoms. The molecule has 96 valence electrons. The number of nitriles is 1. The average Bonchev–Trinajstić information content (AvgIpc) is 2.37. The zero-order valence-corrected chi connectivity index (χ0v) is 11.0. The molecular formula is C15H19FN2. The highest BCUT2D eigenvalue weighted by Gasteiger charge is 2.25. The van der Waals surface area contributed by atoms with Gasteiger partial charge < -0.3 is 0 Å². The summed E-state index contributed by atoms with van der Waals surface area (Å²) in [7, 11) is 0. The molecule has 1 aliphatic heterocycles. The Balaban J connectivity index is 2.12. The third-order valence-corrected chi connectivity index (χ3v) is 4.06. The SMILES string of the molecule is CC1CCCN(Cc2ccc(C#N)cc2F)C1C. The van der Waals surface area contributed by atoms with Crippen LogP contribution in [0.25, 0.3) is 0 Å². The fourth-order valence-electron chi connectivity index (χ4n) is 2.61. The van der Waals surface area contributed by atoms with Gasteiger partial charge in [-0.25, -0.2) is 4.39 Å². The highest BCUT2D eigenvalue weighted by molar-refractivity contribution is 5.32. The highest BCUT2D eigenvalue weighted by Crippen LogP contribution is 2.25. The monoisotopic (exact) mass is 246 g/mol. The lowest BCUT2D eigenvalue weighted by Crippen LogP contribution is -2.41. The van der Waals surface area contributed by atoms with Crippen LogP contribution < -0.4 is 0 Å². The molecule has 0 bridgehead atoms. The minimum atomic E-state index is -0.264. The van der Waals surface area contributed by atoms with Crippen molar-refractivity contribution in [3.05, 3.63) is 35.1 Å². The Bertz CT molecular complexity index is 464. The Morgan fingerprint density at radius 2 is 2.22 bits per heavy atom. The lowest BCUT2D eigenvalue weighted by atomic mass is 9.91. The van der Waals surface area contributed by atoms with Crippen LogP contribution in [0.1, 0.15) is 37.8 Å². The summed E-state index contributed by atoms with van der Waals surface area (Å²) in [6, 6.07) is 7.21. The predicted molar refractivity (Wildman–Crippen MR) is 69.4 cm³/mol. The van der Waals surface area contributed by atoms with Gasteiger partial charge in [0.15, 0.2) is 0 Å². The minimum absolute atomic E-state index is 0.264. The number of rotatable bonds is 2. The van der Waals surface area contributed by atoms with Gasteiger partial charge in [-0.1, -0.05) is 13.0 Å². The van der Waals surface area contributed by atoms with Crippen LogP contribution >= 0.6 is 0 Å². The smallest absolute Gasteiger partial charge is 0.129 e. The van der Waals surface area contributed by atoms with Crippen molar-refractivity contribution in [2.24, 2.45) is 5.92 Å². The Hall–Kier alpha value is -1.40. The fourth-order valence-corrected chi connectivity index (χ4v) is 2.61. The molecule has 1 heterocycles. The van der Waals surface area contributed by atoms with E-state index in [4.69, 9.17) is 5.26 Å². The molecule has 0 saturated carbocycles. The van der Waals surface area contributed by atoms with Crippen LogP contribution in [0.3, 0.4) is 0 Å². The van der Waals surface area contributed by atoms with Gasteiger partial charge in [0.2, 0.25) is 0 Å². The second-order valence-electron chi connectivity index (χ2n) is 5.25. The molecule has 0 aromatic heterocycles. The first-order chi connectivity index (χ1) is 8.61. The van der Waals surface area contributed by atoms with E-state index in [9.17, 15) is 4.39 Å². The Morgan fingerprint density at radius 3 is 2.89 bits per heavy atom. The van der Waals surface area contributed by atoms with Gasteiger partial charge in [-0.2, -0.15) is 5.26 Å². The van der Waals surface area contributed by atoms with Gasteiger partial charge in [0.05, 0.1) is 11.6 Å². The van der Waals surface area contributed by atoms with E-state index >= 15 is 0 Å². The second-order valence-corrected chi connectivity index (χ2v) is 5.25. The van der Waals surface area contributed by atoms with Crippen molar-refractivity contribution in [1.82, 2.24) is 4.90 Å². The highest BCUT2D eigenvalue weighted by atomic mass is 19.1. The van der Waals surface area contributed by atoms with Gasteiger partial charge in [0.1, 0.15) is 5.82 Å². The van der Waals surface area contributed by atoms with E-state index in [1.54, 1.807) is 12.1 Å². The number of hydrogen-bond donors (Lipinski definition) is 0. The van der Waals surface area contributed by atoms with E-state index in [2.05, 4.69) is 18.7 Å². The molecule has 0 N–H and O–H groups in total. The molecule has 1 fully saturated rings. The number of benzene rings is 1. The zero-order valence-electron chi connectivity index (χ0n) is 11.0. The third kappa shape index (κ3) is 2.70. The molecule has 0 spiro atoms. The van der Waals surface area contributed by atoms with Crippen LogP contribution in [0.5, 0.6) is 0 Å². The molecule has 0 aliphatic carbocycles. The van der Waals surface area contributed by atoms with Crippen molar-refractivity contribution in [2.45, 2.75) is 39.3 Å². The number of halogens is 1. The van der Waals surface area contributed by atoms with Crippen molar-refractivity contribution in [3.63, 3.8) is 0 Å². The van der Waals surface area contributed by atoms with E-state index in [1.165, 1.54) is 18.9 Å². The van der Waals surface area contributed by atoms with Crippen molar-refractivity contribution in [3.8, 4) is 6.07 Å². The summed E-state index contributed by atoms with van der Waals surface area (Å²) >= 11 is 0. The van der Waals surface area contributed by atoms with Gasteiger partial charge >= 0.3 is 0 Å². The van der Waals surface area contributed by atoms with Crippen LogP contribution in [0.15, 0.2) is 18.2 Å². The quantitative estimate of drug-likeness (QED) is 0.800. The van der Waals surface area contributed by atoms with Gasteiger partial charge in [0.25, 0.3) is 0 Å². The number of likely N-dealkylation sites (tertiary alicyclic amines) is 1. The summed E-state index contributed by atoms with van der Waals surface area (Å²) < 4.78 is 13.8. The van der Waals surface area contributed by atoms with Crippen LogP contribution in [0, 0.1) is 23.1 Å². The fraction of sp³-hybridized carbons (Fsp3) is 0.533. The Morgan fingerprint density at radius 1 is 1.44 bits per heavy atom. The van der Waals surface area contributed by atoms with Gasteiger partial charge in [-0.3, -0.25) is 4.90 Å². The summed E-state index contributed by atoms with van der Waals surface area (Å²) in [5, 5.41) is 8.72. The normalized spacial score (nSPS) is 24.8. The van der Waals surface area contributed by atoms with E-state index in [0.29, 0.717) is 29.6 Å². The third-order valence-electron chi connectivity index (χ3n) is 4.06. The molecule has 3 heteroatoms. The van der Waals surface area contributed by atoms with E-state index < -0.39 is 0 Å². The maximum atomic E-state index is 13.8. The molecule has 1 aromatic rings. The molecule has 2 rings (SSSR count). The van der Waals surface area contributed by atoms with Gasteiger partial charge in [0, 0.05) is 18.2 Å². The lowest BCUT2D eigenvalue weighted by Gasteiger charge is -2.38. The van der Waals surface area contributed by atoms with E-state index in [-0.39, 0.29) is 5.82 Å². The standard InChI is InChI=1S/C15H19FN2/c1-11-4-3-7-18(12(11)2)10-14-6-5-13(9-17)8-15(14)16/h5-6,8,11-12H,3-4,7,10H2,1-2H3. The van der Waals surface area contributed by atoms with Crippen LogP contribution in [-0.4, -0.2) is 17.5 Å². The molecule has 2 atom stereocenters. The number of hydrogen-bond acceptors (Lipinski definition) is 2. The second kappa shape index (κ2) is 5.49. The Kier molecular flexibility index (Phi) is 3.98. The first-order valence-electron chi connectivity index (χ1n) is 6.54. The molecule has 2 unspecified atom stereocenters. The first kappa shape index (κ1) is 13.0. The maximum absolute atomic E-state index is 13.8. The molecule has 1 aromatic carbocycles. The molecule has 0 amide bonds. The molecule has 0 radical (unpaired) electrons.